The highest BCUT2D eigenvalue weighted by Gasteiger charge is 2.17. The van der Waals surface area contributed by atoms with Crippen LogP contribution in [0.15, 0.2) is 24.5 Å². The van der Waals surface area contributed by atoms with Gasteiger partial charge in [-0.15, -0.1) is 0 Å². The SMILES string of the molecule is C[N+](C)(C)Cc1c[nH]c2cc3[nH]cc(C[N+](C)(C)C)c3cc12.[I-].[I-]. The summed E-state index contributed by atoms with van der Waals surface area (Å²) in [4.78, 5) is 6.85. The average Bonchev–Trinajstić information content (AvgIpc) is 2.89. The van der Waals surface area contributed by atoms with Crippen LogP contribution >= 0.6 is 0 Å². The van der Waals surface area contributed by atoms with E-state index in [9.17, 15) is 0 Å². The van der Waals surface area contributed by atoms with E-state index in [1.807, 2.05) is 0 Å². The summed E-state index contributed by atoms with van der Waals surface area (Å²) in [6.07, 6.45) is 4.32. The standard InChI is InChI=1S/C18H28N4.2HI/c1-21(2,3)11-13-9-19-17-8-18-16(7-15(13)17)14(10-20-18)12-22(4,5)6;;/h7-10,19-20H,11-12H2,1-6H3;2*1H/q+2;;/p-2. The maximum atomic E-state index is 3.43. The molecule has 0 aliphatic rings. The Hall–Kier alpha value is -0.320. The molecule has 1 aromatic carbocycles. The van der Waals surface area contributed by atoms with Crippen molar-refractivity contribution in [3.8, 4) is 0 Å². The molecule has 2 N–H and O–H groups in total. The Balaban J connectivity index is 0.00000144. The van der Waals surface area contributed by atoms with E-state index < -0.39 is 0 Å². The molecule has 0 amide bonds. The number of quaternary nitrogens is 2. The van der Waals surface area contributed by atoms with Crippen LogP contribution in [0.4, 0.5) is 0 Å². The van der Waals surface area contributed by atoms with E-state index in [0.29, 0.717) is 0 Å². The molecule has 0 aliphatic carbocycles. The van der Waals surface area contributed by atoms with Gasteiger partial charge in [0.2, 0.25) is 0 Å². The number of halogens is 2. The second-order valence-corrected chi connectivity index (χ2v) is 8.47. The molecule has 0 saturated heterocycles. The van der Waals surface area contributed by atoms with E-state index in [2.05, 4.69) is 76.8 Å². The van der Waals surface area contributed by atoms with Crippen molar-refractivity contribution >= 4 is 21.8 Å². The van der Waals surface area contributed by atoms with Gasteiger partial charge in [-0.05, 0) is 12.1 Å². The first-order chi connectivity index (χ1) is 10.1. The minimum atomic E-state index is 0. The molecular weight excluding hydrogens is 526 g/mol. The number of H-pyrrole nitrogens is 2. The highest BCUT2D eigenvalue weighted by molar-refractivity contribution is 5.98. The normalized spacial score (nSPS) is 12.2. The van der Waals surface area contributed by atoms with E-state index in [-0.39, 0.29) is 48.0 Å². The first-order valence-corrected chi connectivity index (χ1v) is 7.83. The van der Waals surface area contributed by atoms with Crippen LogP contribution in [0.25, 0.3) is 21.8 Å². The molecule has 6 heteroatoms. The van der Waals surface area contributed by atoms with Crippen molar-refractivity contribution in [3.63, 3.8) is 0 Å². The van der Waals surface area contributed by atoms with Gasteiger partial charge in [-0.25, -0.2) is 0 Å². The van der Waals surface area contributed by atoms with Crippen molar-refractivity contribution < 1.29 is 56.9 Å². The molecule has 3 rings (SSSR count). The molecule has 0 unspecified atom stereocenters. The van der Waals surface area contributed by atoms with Crippen LogP contribution in [0.5, 0.6) is 0 Å². The number of nitrogens with one attached hydrogen (secondary N) is 2. The number of rotatable bonds is 4. The van der Waals surface area contributed by atoms with Crippen molar-refractivity contribution in [1.82, 2.24) is 9.97 Å². The molecule has 0 atom stereocenters. The summed E-state index contributed by atoms with van der Waals surface area (Å²) < 4.78 is 1.87. The summed E-state index contributed by atoms with van der Waals surface area (Å²) >= 11 is 0. The van der Waals surface area contributed by atoms with Gasteiger partial charge in [-0.3, -0.25) is 0 Å². The van der Waals surface area contributed by atoms with Crippen LogP contribution in [0.1, 0.15) is 11.1 Å². The molecule has 0 fully saturated rings. The molecule has 0 bridgehead atoms. The predicted molar refractivity (Wildman–Crippen MR) is 93.6 cm³/mol. The van der Waals surface area contributed by atoms with Crippen molar-refractivity contribution in [2.45, 2.75) is 13.1 Å². The maximum Gasteiger partial charge on any atom is 0.106 e. The molecule has 0 radical (unpaired) electrons. The molecule has 134 valence electrons. The summed E-state index contributed by atoms with van der Waals surface area (Å²) in [6, 6.07) is 4.59. The number of fused-ring (bicyclic) bond motifs is 2. The Morgan fingerprint density at radius 3 is 1.38 bits per heavy atom. The molecule has 2 heterocycles. The summed E-state index contributed by atoms with van der Waals surface area (Å²) in [7, 11) is 13.4. The van der Waals surface area contributed by atoms with Gasteiger partial charge in [0.15, 0.2) is 0 Å². The van der Waals surface area contributed by atoms with Gasteiger partial charge < -0.3 is 66.9 Å². The first-order valence-electron chi connectivity index (χ1n) is 7.83. The second-order valence-electron chi connectivity index (χ2n) is 8.47. The first kappa shape index (κ1) is 21.7. The summed E-state index contributed by atoms with van der Waals surface area (Å²) in [5, 5.41) is 2.70. The molecule has 24 heavy (non-hydrogen) atoms. The third-order valence-electron chi connectivity index (χ3n) is 3.94. The smallest absolute Gasteiger partial charge is 0.106 e. The molecule has 0 aliphatic heterocycles. The second kappa shape index (κ2) is 7.51. The number of benzene rings is 1. The van der Waals surface area contributed by atoms with Gasteiger partial charge in [0.25, 0.3) is 0 Å². The number of aromatic amines is 2. The van der Waals surface area contributed by atoms with Crippen LogP contribution in [0, 0.1) is 0 Å². The molecule has 3 aromatic rings. The Morgan fingerprint density at radius 1 is 0.667 bits per heavy atom. The Labute approximate surface area is 178 Å². The zero-order valence-electron chi connectivity index (χ0n) is 15.4. The minimum Gasteiger partial charge on any atom is -1.00 e. The van der Waals surface area contributed by atoms with E-state index >= 15 is 0 Å². The lowest BCUT2D eigenvalue weighted by molar-refractivity contribution is -0.883. The third kappa shape index (κ3) is 4.86. The highest BCUT2D eigenvalue weighted by Crippen LogP contribution is 2.29. The number of nitrogens with zero attached hydrogens (tertiary/aromatic N) is 2. The van der Waals surface area contributed by atoms with Crippen LogP contribution < -0.4 is 48.0 Å². The quantitative estimate of drug-likeness (QED) is 0.256. The fraction of sp³-hybridized carbons (Fsp3) is 0.444. The molecule has 4 nitrogen and oxygen atoms in total. The summed E-state index contributed by atoms with van der Waals surface area (Å²) in [6.45, 7) is 2.06. The third-order valence-corrected chi connectivity index (χ3v) is 3.94. The van der Waals surface area contributed by atoms with E-state index in [1.54, 1.807) is 0 Å². The minimum absolute atomic E-state index is 0. The highest BCUT2D eigenvalue weighted by atomic mass is 127. The van der Waals surface area contributed by atoms with E-state index in [1.165, 1.54) is 32.9 Å². The molecule has 0 spiro atoms. The largest absolute Gasteiger partial charge is 1.00 e. The predicted octanol–water partition coefficient (Wildman–Crippen LogP) is -2.93. The lowest BCUT2D eigenvalue weighted by atomic mass is 10.1. The van der Waals surface area contributed by atoms with Crippen LogP contribution in [-0.4, -0.2) is 61.2 Å². The number of hydrogen-bond donors (Lipinski definition) is 2. The summed E-state index contributed by atoms with van der Waals surface area (Å²) in [5.74, 6) is 0. The van der Waals surface area contributed by atoms with Crippen LogP contribution in [0.3, 0.4) is 0 Å². The van der Waals surface area contributed by atoms with Crippen LogP contribution in [0.2, 0.25) is 0 Å². The van der Waals surface area contributed by atoms with Gasteiger partial charge in [-0.2, -0.15) is 0 Å². The fourth-order valence-electron chi connectivity index (χ4n) is 3.14. The Kier molecular flexibility index (Phi) is 6.80. The van der Waals surface area contributed by atoms with Gasteiger partial charge in [0.05, 0.1) is 42.3 Å². The van der Waals surface area contributed by atoms with Gasteiger partial charge in [-0.1, -0.05) is 0 Å². The number of aromatic nitrogens is 2. The van der Waals surface area contributed by atoms with Gasteiger partial charge in [0.1, 0.15) is 13.1 Å². The van der Waals surface area contributed by atoms with E-state index in [4.69, 9.17) is 0 Å². The van der Waals surface area contributed by atoms with Crippen molar-refractivity contribution in [3.05, 3.63) is 35.7 Å². The zero-order chi connectivity index (χ0) is 16.1. The molecule has 2 aromatic heterocycles. The average molecular weight is 554 g/mol. The Morgan fingerprint density at radius 2 is 1.04 bits per heavy atom. The van der Waals surface area contributed by atoms with E-state index in [0.717, 1.165) is 22.1 Å². The van der Waals surface area contributed by atoms with Crippen molar-refractivity contribution in [1.29, 1.82) is 0 Å². The lowest BCUT2D eigenvalue weighted by Gasteiger charge is -2.24. The number of hydrogen-bond acceptors (Lipinski definition) is 0. The summed E-state index contributed by atoms with van der Waals surface area (Å²) in [5.41, 5.74) is 5.22. The molecular formula is C18H28I2N4. The van der Waals surface area contributed by atoms with Gasteiger partial charge >= 0.3 is 0 Å². The Bertz CT molecular complexity index is 753. The fourth-order valence-corrected chi connectivity index (χ4v) is 3.14. The topological polar surface area (TPSA) is 31.6 Å². The maximum absolute atomic E-state index is 3.43. The molecule has 0 saturated carbocycles. The lowest BCUT2D eigenvalue weighted by Crippen LogP contribution is -3.00. The zero-order valence-corrected chi connectivity index (χ0v) is 19.7. The van der Waals surface area contributed by atoms with Crippen molar-refractivity contribution in [2.24, 2.45) is 0 Å². The monoisotopic (exact) mass is 554 g/mol. The van der Waals surface area contributed by atoms with Crippen LogP contribution in [-0.2, 0) is 13.1 Å². The van der Waals surface area contributed by atoms with Crippen molar-refractivity contribution in [2.75, 3.05) is 42.3 Å². The van der Waals surface area contributed by atoms with Gasteiger partial charge in [0, 0.05) is 45.3 Å².